The first-order valence-electron chi connectivity index (χ1n) is 3.85. The Morgan fingerprint density at radius 3 is 2.55 bits per heavy atom. The van der Waals surface area contributed by atoms with Gasteiger partial charge in [0, 0.05) is 0 Å². The lowest BCUT2D eigenvalue weighted by Crippen LogP contribution is -1.99. The number of aliphatic hydroxyl groups excluding tert-OH is 1. The monoisotopic (exact) mass is 149 g/mol. The van der Waals surface area contributed by atoms with Gasteiger partial charge in [0.05, 0.1) is 6.10 Å². The predicted molar refractivity (Wildman–Crippen MR) is 46.1 cm³/mol. The first-order valence-corrected chi connectivity index (χ1v) is 3.85. The van der Waals surface area contributed by atoms with Gasteiger partial charge >= 0.3 is 0 Å². The Balaban J connectivity index is 2.39. The molecule has 1 nitrogen and oxygen atoms in total. The molecule has 1 aromatic rings. The van der Waals surface area contributed by atoms with Crippen molar-refractivity contribution in [1.82, 2.24) is 0 Å². The Hall–Kier alpha value is -0.820. The second kappa shape index (κ2) is 4.14. The fourth-order valence-electron chi connectivity index (χ4n) is 0.896. The maximum absolute atomic E-state index is 8.98. The molecule has 1 rings (SSSR count). The van der Waals surface area contributed by atoms with Crippen LogP contribution in [0, 0.1) is 6.42 Å². The Labute approximate surface area is 67.7 Å². The van der Waals surface area contributed by atoms with E-state index in [-0.39, 0.29) is 6.10 Å². The van der Waals surface area contributed by atoms with Crippen LogP contribution in [-0.4, -0.2) is 11.2 Å². The van der Waals surface area contributed by atoms with E-state index in [4.69, 9.17) is 5.11 Å². The quantitative estimate of drug-likeness (QED) is 0.697. The van der Waals surface area contributed by atoms with Gasteiger partial charge in [0.25, 0.3) is 0 Å². The largest absolute Gasteiger partial charge is 0.393 e. The van der Waals surface area contributed by atoms with Crippen molar-refractivity contribution in [2.24, 2.45) is 0 Å². The maximum Gasteiger partial charge on any atom is 0.0518 e. The Kier molecular flexibility index (Phi) is 3.12. The molecule has 0 saturated heterocycles. The van der Waals surface area contributed by atoms with Crippen LogP contribution in [-0.2, 0) is 0 Å². The zero-order valence-corrected chi connectivity index (χ0v) is 6.70. The number of benzene rings is 1. The van der Waals surface area contributed by atoms with Crippen LogP contribution in [0.5, 0.6) is 0 Å². The fraction of sp³-hybridized carbons (Fsp3) is 0.300. The van der Waals surface area contributed by atoms with Crippen molar-refractivity contribution in [2.45, 2.75) is 19.4 Å². The van der Waals surface area contributed by atoms with Crippen LogP contribution in [0.3, 0.4) is 0 Å². The lowest BCUT2D eigenvalue weighted by atomic mass is 10.1. The third kappa shape index (κ3) is 3.19. The molecule has 0 spiro atoms. The molecule has 0 aromatic heterocycles. The maximum atomic E-state index is 8.98. The van der Waals surface area contributed by atoms with Gasteiger partial charge in [-0.1, -0.05) is 30.3 Å². The Bertz CT molecular complexity index is 191. The summed E-state index contributed by atoms with van der Waals surface area (Å²) >= 11 is 0. The van der Waals surface area contributed by atoms with E-state index in [0.29, 0.717) is 0 Å². The summed E-state index contributed by atoms with van der Waals surface area (Å²) in [4.78, 5) is 0. The van der Waals surface area contributed by atoms with E-state index in [9.17, 15) is 0 Å². The summed E-state index contributed by atoms with van der Waals surface area (Å²) in [5.41, 5.74) is 1.17. The fourth-order valence-corrected chi connectivity index (χ4v) is 0.896. The molecule has 1 heteroatoms. The summed E-state index contributed by atoms with van der Waals surface area (Å²) < 4.78 is 0. The van der Waals surface area contributed by atoms with Gasteiger partial charge in [-0.05, 0) is 25.3 Å². The minimum atomic E-state index is -0.241. The molecule has 1 unspecified atom stereocenters. The minimum absolute atomic E-state index is 0.241. The molecule has 0 aliphatic carbocycles. The van der Waals surface area contributed by atoms with Gasteiger partial charge in [-0.2, -0.15) is 0 Å². The van der Waals surface area contributed by atoms with Crippen molar-refractivity contribution in [3.63, 3.8) is 0 Å². The van der Waals surface area contributed by atoms with E-state index in [1.807, 2.05) is 36.8 Å². The van der Waals surface area contributed by atoms with Crippen molar-refractivity contribution in [3.05, 3.63) is 42.3 Å². The summed E-state index contributed by atoms with van der Waals surface area (Å²) in [6.45, 7) is 1.79. The Morgan fingerprint density at radius 2 is 2.00 bits per heavy atom. The normalized spacial score (nSPS) is 12.9. The van der Waals surface area contributed by atoms with Gasteiger partial charge in [-0.25, -0.2) is 0 Å². The first kappa shape index (κ1) is 8.28. The summed E-state index contributed by atoms with van der Waals surface area (Å²) in [5, 5.41) is 8.98. The highest BCUT2D eigenvalue weighted by molar-refractivity contribution is 5.22. The van der Waals surface area contributed by atoms with Gasteiger partial charge in [0.15, 0.2) is 0 Å². The highest BCUT2D eigenvalue weighted by atomic mass is 16.3. The third-order valence-corrected chi connectivity index (χ3v) is 1.49. The number of hydrogen-bond donors (Lipinski definition) is 1. The molecule has 0 aliphatic heterocycles. The highest BCUT2D eigenvalue weighted by Gasteiger charge is 1.96. The second-order valence-corrected chi connectivity index (χ2v) is 2.70. The molecule has 0 fully saturated rings. The molecule has 1 atom stereocenters. The summed E-state index contributed by atoms with van der Waals surface area (Å²) in [5.74, 6) is 0. The molecular weight excluding hydrogens is 136 g/mol. The van der Waals surface area contributed by atoms with Gasteiger partial charge < -0.3 is 5.11 Å². The number of hydrogen-bond acceptors (Lipinski definition) is 1. The van der Waals surface area contributed by atoms with Crippen LogP contribution >= 0.6 is 0 Å². The smallest absolute Gasteiger partial charge is 0.0518 e. The van der Waals surface area contributed by atoms with Crippen LogP contribution < -0.4 is 0 Å². The highest BCUT2D eigenvalue weighted by Crippen LogP contribution is 2.06. The minimum Gasteiger partial charge on any atom is -0.393 e. The summed E-state index contributed by atoms with van der Waals surface area (Å²) in [6, 6.07) is 10.0. The van der Waals surface area contributed by atoms with Crippen LogP contribution in [0.1, 0.15) is 18.9 Å². The second-order valence-electron chi connectivity index (χ2n) is 2.70. The van der Waals surface area contributed by atoms with E-state index in [1.54, 1.807) is 6.92 Å². The van der Waals surface area contributed by atoms with Crippen LogP contribution in [0.25, 0.3) is 0 Å². The van der Waals surface area contributed by atoms with Crippen molar-refractivity contribution in [2.75, 3.05) is 0 Å². The van der Waals surface area contributed by atoms with Crippen molar-refractivity contribution >= 4 is 0 Å². The first-order chi connectivity index (χ1) is 5.29. The van der Waals surface area contributed by atoms with Gasteiger partial charge in [-0.15, -0.1) is 0 Å². The molecule has 1 radical (unpaired) electrons. The van der Waals surface area contributed by atoms with Gasteiger partial charge in [0.2, 0.25) is 0 Å². The molecule has 1 aromatic carbocycles. The van der Waals surface area contributed by atoms with Crippen LogP contribution in [0.4, 0.5) is 0 Å². The average molecular weight is 149 g/mol. The van der Waals surface area contributed by atoms with Crippen molar-refractivity contribution < 1.29 is 5.11 Å². The van der Waals surface area contributed by atoms with E-state index >= 15 is 0 Å². The SMILES string of the molecule is CC(O)C[CH]c1ccccc1. The van der Waals surface area contributed by atoms with Crippen LogP contribution in [0.2, 0.25) is 0 Å². The van der Waals surface area contributed by atoms with Gasteiger partial charge in [-0.3, -0.25) is 0 Å². The topological polar surface area (TPSA) is 20.2 Å². The lowest BCUT2D eigenvalue weighted by Gasteiger charge is -2.02. The van der Waals surface area contributed by atoms with Crippen molar-refractivity contribution in [3.8, 4) is 0 Å². The van der Waals surface area contributed by atoms with E-state index < -0.39 is 0 Å². The van der Waals surface area contributed by atoms with Gasteiger partial charge in [0.1, 0.15) is 0 Å². The molecule has 0 saturated carbocycles. The molecule has 0 aliphatic rings. The molecule has 11 heavy (non-hydrogen) atoms. The van der Waals surface area contributed by atoms with Crippen LogP contribution in [0.15, 0.2) is 30.3 Å². The lowest BCUT2D eigenvalue weighted by molar-refractivity contribution is 0.195. The third-order valence-electron chi connectivity index (χ3n) is 1.49. The Morgan fingerprint density at radius 1 is 1.36 bits per heavy atom. The molecular formula is C10H13O. The number of rotatable bonds is 3. The number of aliphatic hydroxyl groups is 1. The molecule has 0 bridgehead atoms. The standard InChI is InChI=1S/C10H13O/c1-9(11)7-8-10-5-3-2-4-6-10/h2-6,8-9,11H,7H2,1H3. The molecule has 0 amide bonds. The molecule has 1 N–H and O–H groups in total. The van der Waals surface area contributed by atoms with E-state index in [2.05, 4.69) is 0 Å². The predicted octanol–water partition coefficient (Wildman–Crippen LogP) is 2.01. The zero-order valence-electron chi connectivity index (χ0n) is 6.70. The van der Waals surface area contributed by atoms with E-state index in [1.165, 1.54) is 5.56 Å². The van der Waals surface area contributed by atoms with Crippen molar-refractivity contribution in [1.29, 1.82) is 0 Å². The molecule has 0 heterocycles. The summed E-state index contributed by atoms with van der Waals surface area (Å²) in [7, 11) is 0. The summed E-state index contributed by atoms with van der Waals surface area (Å²) in [6.07, 6.45) is 2.52. The zero-order chi connectivity index (χ0) is 8.10. The average Bonchev–Trinajstić information content (AvgIpc) is 2.03. The molecule has 59 valence electrons. The van der Waals surface area contributed by atoms with E-state index in [0.717, 1.165) is 6.42 Å².